The maximum Gasteiger partial charge on any atom is 0.0701 e. The van der Waals surface area contributed by atoms with Crippen LogP contribution in [0.1, 0.15) is 36.1 Å². The first kappa shape index (κ1) is 13.6. The van der Waals surface area contributed by atoms with E-state index < -0.39 is 0 Å². The monoisotopic (exact) mass is 255 g/mol. The molecule has 0 radical (unpaired) electrons. The molecule has 0 aliphatic carbocycles. The highest BCUT2D eigenvalue weighted by atomic mass is 16.3. The molecule has 0 aliphatic heterocycles. The Morgan fingerprint density at radius 3 is 2.37 bits per heavy atom. The predicted molar refractivity (Wildman–Crippen MR) is 80.2 cm³/mol. The molecule has 2 rings (SSSR count). The summed E-state index contributed by atoms with van der Waals surface area (Å²) < 4.78 is 0. The average Bonchev–Trinajstić information content (AvgIpc) is 2.46. The van der Waals surface area contributed by atoms with Crippen molar-refractivity contribution in [1.29, 1.82) is 0 Å². The minimum Gasteiger partial charge on any atom is -0.392 e. The molecule has 0 fully saturated rings. The standard InChI is InChI=1S/C17H21NO/c1-3-16(14-10-8-13(2)9-11-14)18-17-7-5-4-6-15(17)12-19/h4-11,16,18-19H,3,12H2,1-2H3. The minimum atomic E-state index is 0.0630. The van der Waals surface area contributed by atoms with E-state index in [1.807, 2.05) is 24.3 Å². The topological polar surface area (TPSA) is 32.3 Å². The van der Waals surface area contributed by atoms with Crippen LogP contribution in [0.2, 0.25) is 0 Å². The van der Waals surface area contributed by atoms with E-state index in [0.717, 1.165) is 17.7 Å². The molecule has 0 aliphatic rings. The van der Waals surface area contributed by atoms with Gasteiger partial charge in [-0.2, -0.15) is 0 Å². The van der Waals surface area contributed by atoms with E-state index in [-0.39, 0.29) is 12.6 Å². The molecule has 2 aromatic carbocycles. The third-order valence-corrected chi connectivity index (χ3v) is 3.41. The Morgan fingerprint density at radius 2 is 1.74 bits per heavy atom. The molecule has 2 nitrogen and oxygen atoms in total. The van der Waals surface area contributed by atoms with E-state index in [9.17, 15) is 5.11 Å². The van der Waals surface area contributed by atoms with Crippen LogP contribution in [0.25, 0.3) is 0 Å². The van der Waals surface area contributed by atoms with Crippen molar-refractivity contribution in [3.8, 4) is 0 Å². The van der Waals surface area contributed by atoms with Gasteiger partial charge in [0.2, 0.25) is 0 Å². The number of para-hydroxylation sites is 1. The molecular formula is C17H21NO. The van der Waals surface area contributed by atoms with Gasteiger partial charge in [-0.1, -0.05) is 55.0 Å². The summed E-state index contributed by atoms with van der Waals surface area (Å²) in [6, 6.07) is 16.8. The lowest BCUT2D eigenvalue weighted by atomic mass is 10.0. The predicted octanol–water partition coefficient (Wildman–Crippen LogP) is 4.05. The Hall–Kier alpha value is -1.80. The second-order valence-electron chi connectivity index (χ2n) is 4.83. The molecule has 19 heavy (non-hydrogen) atoms. The number of aliphatic hydroxyl groups excluding tert-OH is 1. The molecule has 0 saturated carbocycles. The maximum atomic E-state index is 9.37. The highest BCUT2D eigenvalue weighted by Crippen LogP contribution is 2.25. The van der Waals surface area contributed by atoms with E-state index in [0.29, 0.717) is 0 Å². The lowest BCUT2D eigenvalue weighted by Crippen LogP contribution is -2.11. The zero-order valence-electron chi connectivity index (χ0n) is 11.6. The number of benzene rings is 2. The van der Waals surface area contributed by atoms with Crippen LogP contribution in [-0.2, 0) is 6.61 Å². The third-order valence-electron chi connectivity index (χ3n) is 3.41. The fourth-order valence-electron chi connectivity index (χ4n) is 2.21. The van der Waals surface area contributed by atoms with Crippen LogP contribution in [0.4, 0.5) is 5.69 Å². The fourth-order valence-corrected chi connectivity index (χ4v) is 2.21. The van der Waals surface area contributed by atoms with Gasteiger partial charge in [-0.15, -0.1) is 0 Å². The molecule has 0 saturated heterocycles. The number of nitrogens with one attached hydrogen (secondary N) is 1. The van der Waals surface area contributed by atoms with Crippen molar-refractivity contribution < 1.29 is 5.11 Å². The van der Waals surface area contributed by atoms with Crippen LogP contribution >= 0.6 is 0 Å². The number of aliphatic hydroxyl groups is 1. The molecule has 2 heteroatoms. The Balaban J connectivity index is 2.21. The molecule has 2 N–H and O–H groups in total. The first-order chi connectivity index (χ1) is 9.24. The van der Waals surface area contributed by atoms with Gasteiger partial charge in [0.25, 0.3) is 0 Å². The highest BCUT2D eigenvalue weighted by Gasteiger charge is 2.10. The summed E-state index contributed by atoms with van der Waals surface area (Å²) in [5.74, 6) is 0. The molecule has 0 amide bonds. The van der Waals surface area contributed by atoms with Crippen LogP contribution in [0.3, 0.4) is 0 Å². The van der Waals surface area contributed by atoms with E-state index in [1.54, 1.807) is 0 Å². The summed E-state index contributed by atoms with van der Waals surface area (Å²) >= 11 is 0. The fraction of sp³-hybridized carbons (Fsp3) is 0.294. The van der Waals surface area contributed by atoms with Gasteiger partial charge in [-0.3, -0.25) is 0 Å². The molecule has 100 valence electrons. The van der Waals surface area contributed by atoms with Crippen LogP contribution in [0, 0.1) is 6.92 Å². The maximum absolute atomic E-state index is 9.37. The SMILES string of the molecule is CCC(Nc1ccccc1CO)c1ccc(C)cc1. The molecule has 0 heterocycles. The quantitative estimate of drug-likeness (QED) is 0.844. The first-order valence-corrected chi connectivity index (χ1v) is 6.76. The zero-order chi connectivity index (χ0) is 13.7. The lowest BCUT2D eigenvalue weighted by molar-refractivity contribution is 0.282. The Labute approximate surface area is 115 Å². The largest absolute Gasteiger partial charge is 0.392 e. The van der Waals surface area contributed by atoms with E-state index >= 15 is 0 Å². The van der Waals surface area contributed by atoms with Crippen LogP contribution < -0.4 is 5.32 Å². The molecular weight excluding hydrogens is 234 g/mol. The molecule has 2 aromatic rings. The van der Waals surface area contributed by atoms with E-state index in [4.69, 9.17) is 0 Å². The number of hydrogen-bond acceptors (Lipinski definition) is 2. The van der Waals surface area contributed by atoms with Crippen molar-refractivity contribution in [3.05, 3.63) is 65.2 Å². The van der Waals surface area contributed by atoms with Gasteiger partial charge in [-0.25, -0.2) is 0 Å². The van der Waals surface area contributed by atoms with Crippen LogP contribution in [0.5, 0.6) is 0 Å². The summed E-state index contributed by atoms with van der Waals surface area (Å²) in [4.78, 5) is 0. The average molecular weight is 255 g/mol. The number of hydrogen-bond donors (Lipinski definition) is 2. The molecule has 0 aromatic heterocycles. The van der Waals surface area contributed by atoms with E-state index in [2.05, 4.69) is 43.4 Å². The van der Waals surface area contributed by atoms with Crippen molar-refractivity contribution in [1.82, 2.24) is 0 Å². The summed E-state index contributed by atoms with van der Waals surface area (Å²) in [6.45, 7) is 4.33. The molecule has 0 spiro atoms. The van der Waals surface area contributed by atoms with Crippen LogP contribution in [0.15, 0.2) is 48.5 Å². The van der Waals surface area contributed by atoms with Gasteiger partial charge in [0.15, 0.2) is 0 Å². The van der Waals surface area contributed by atoms with Crippen molar-refractivity contribution in [2.75, 3.05) is 5.32 Å². The minimum absolute atomic E-state index is 0.0630. The lowest BCUT2D eigenvalue weighted by Gasteiger charge is -2.20. The van der Waals surface area contributed by atoms with Gasteiger partial charge in [0.05, 0.1) is 12.6 Å². The normalized spacial score (nSPS) is 12.2. The summed E-state index contributed by atoms with van der Waals surface area (Å²) in [6.07, 6.45) is 1.00. The van der Waals surface area contributed by atoms with Crippen molar-refractivity contribution in [3.63, 3.8) is 0 Å². The van der Waals surface area contributed by atoms with Crippen molar-refractivity contribution in [2.24, 2.45) is 0 Å². The molecule has 1 unspecified atom stereocenters. The second-order valence-corrected chi connectivity index (χ2v) is 4.83. The Bertz CT molecular complexity index is 519. The Morgan fingerprint density at radius 1 is 1.05 bits per heavy atom. The number of anilines is 1. The van der Waals surface area contributed by atoms with Gasteiger partial charge >= 0.3 is 0 Å². The third kappa shape index (κ3) is 3.36. The van der Waals surface area contributed by atoms with Crippen LogP contribution in [-0.4, -0.2) is 5.11 Å². The zero-order valence-corrected chi connectivity index (χ0v) is 11.6. The Kier molecular flexibility index (Phi) is 4.58. The first-order valence-electron chi connectivity index (χ1n) is 6.76. The van der Waals surface area contributed by atoms with Gasteiger partial charge < -0.3 is 10.4 Å². The second kappa shape index (κ2) is 6.39. The van der Waals surface area contributed by atoms with Gasteiger partial charge in [0, 0.05) is 11.3 Å². The molecule has 1 atom stereocenters. The van der Waals surface area contributed by atoms with Gasteiger partial charge in [0.1, 0.15) is 0 Å². The summed E-state index contributed by atoms with van der Waals surface area (Å²) in [5, 5.41) is 12.9. The summed E-state index contributed by atoms with van der Waals surface area (Å²) in [5.41, 5.74) is 4.50. The highest BCUT2D eigenvalue weighted by molar-refractivity contribution is 5.52. The smallest absolute Gasteiger partial charge is 0.0701 e. The summed E-state index contributed by atoms with van der Waals surface area (Å²) in [7, 11) is 0. The van der Waals surface area contributed by atoms with E-state index in [1.165, 1.54) is 11.1 Å². The number of rotatable bonds is 5. The van der Waals surface area contributed by atoms with Gasteiger partial charge in [-0.05, 0) is 25.0 Å². The number of aryl methyl sites for hydroxylation is 1. The van der Waals surface area contributed by atoms with Crippen molar-refractivity contribution >= 4 is 5.69 Å². The molecule has 0 bridgehead atoms. The van der Waals surface area contributed by atoms with Crippen molar-refractivity contribution in [2.45, 2.75) is 32.9 Å².